The number of hydrogen-bond donors (Lipinski definition) is 0. The number of benzene rings is 1. The van der Waals surface area contributed by atoms with Gasteiger partial charge in [0.05, 0.1) is 11.7 Å². The Balaban J connectivity index is 1.43. The second-order valence-electron chi connectivity index (χ2n) is 7.96. The summed E-state index contributed by atoms with van der Waals surface area (Å²) in [5.74, 6) is 2.12. The number of carbonyl (C=O) groups is 1. The second kappa shape index (κ2) is 7.62. The molecule has 156 valence electrons. The zero-order valence-electron chi connectivity index (χ0n) is 17.0. The topological polar surface area (TPSA) is 81.7 Å². The van der Waals surface area contributed by atoms with E-state index in [1.54, 1.807) is 23.7 Å². The fourth-order valence-corrected chi connectivity index (χ4v) is 4.47. The van der Waals surface area contributed by atoms with Gasteiger partial charge in [-0.15, -0.1) is 15.3 Å². The highest BCUT2D eigenvalue weighted by Crippen LogP contribution is 2.33. The Bertz CT molecular complexity index is 1070. The summed E-state index contributed by atoms with van der Waals surface area (Å²) in [6.07, 6.45) is 6.16. The van der Waals surface area contributed by atoms with Gasteiger partial charge in [0.1, 0.15) is 17.5 Å². The van der Waals surface area contributed by atoms with E-state index in [0.29, 0.717) is 18.1 Å². The summed E-state index contributed by atoms with van der Waals surface area (Å²) in [5.41, 5.74) is 0.668. The molecule has 0 spiro atoms. The molecule has 0 N–H and O–H groups in total. The van der Waals surface area contributed by atoms with E-state index < -0.39 is 0 Å². The molecule has 1 aromatic carbocycles. The van der Waals surface area contributed by atoms with Gasteiger partial charge in [0.25, 0.3) is 5.91 Å². The maximum Gasteiger partial charge on any atom is 0.294 e. The van der Waals surface area contributed by atoms with Crippen LogP contribution in [0.3, 0.4) is 0 Å². The Morgan fingerprint density at radius 1 is 1.07 bits per heavy atom. The van der Waals surface area contributed by atoms with Crippen LogP contribution in [-0.4, -0.2) is 46.9 Å². The molecule has 0 saturated carbocycles. The standard InChI is InChI=1S/C21H24FN7O/c1-14-23-19(26-29(14)16-10-8-15(22)9-11-16)21(30)27-13-5-6-17(27)20-25-24-18-7-3-2-4-12-28(18)20/h8-11,17H,2-7,12-13H2,1H3. The molecule has 8 nitrogen and oxygen atoms in total. The number of carbonyl (C=O) groups excluding carboxylic acids is 1. The molecule has 1 fully saturated rings. The monoisotopic (exact) mass is 409 g/mol. The molecule has 0 bridgehead atoms. The Hall–Kier alpha value is -3.10. The lowest BCUT2D eigenvalue weighted by atomic mass is 10.2. The van der Waals surface area contributed by atoms with E-state index in [9.17, 15) is 9.18 Å². The number of aromatic nitrogens is 6. The van der Waals surface area contributed by atoms with Gasteiger partial charge in [-0.05, 0) is 56.9 Å². The maximum atomic E-state index is 13.3. The molecule has 1 amide bonds. The maximum absolute atomic E-state index is 13.3. The molecule has 9 heteroatoms. The van der Waals surface area contributed by atoms with Gasteiger partial charge in [0.15, 0.2) is 5.82 Å². The number of rotatable bonds is 3. The van der Waals surface area contributed by atoms with Crippen LogP contribution in [0.25, 0.3) is 5.69 Å². The van der Waals surface area contributed by atoms with Crippen molar-refractivity contribution in [3.63, 3.8) is 0 Å². The number of halogens is 1. The molecule has 2 aromatic heterocycles. The fraction of sp³-hybridized carbons (Fsp3) is 0.476. The number of amides is 1. The van der Waals surface area contributed by atoms with Gasteiger partial charge in [-0.2, -0.15) is 0 Å². The van der Waals surface area contributed by atoms with Crippen LogP contribution in [0, 0.1) is 12.7 Å². The Kier molecular flexibility index (Phi) is 4.80. The molecule has 2 aliphatic rings. The number of nitrogens with zero attached hydrogens (tertiary/aromatic N) is 7. The van der Waals surface area contributed by atoms with Gasteiger partial charge in [-0.1, -0.05) is 6.42 Å². The molecular weight excluding hydrogens is 385 g/mol. The van der Waals surface area contributed by atoms with Crippen molar-refractivity contribution >= 4 is 5.91 Å². The first-order chi connectivity index (χ1) is 14.6. The van der Waals surface area contributed by atoms with Gasteiger partial charge in [-0.25, -0.2) is 14.1 Å². The van der Waals surface area contributed by atoms with Crippen LogP contribution in [0.5, 0.6) is 0 Å². The molecule has 5 rings (SSSR count). The SMILES string of the molecule is Cc1nc(C(=O)N2CCCC2c2nnc3n2CCCCC3)nn1-c1ccc(F)cc1. The fourth-order valence-electron chi connectivity index (χ4n) is 4.47. The minimum Gasteiger partial charge on any atom is -0.326 e. The quantitative estimate of drug-likeness (QED) is 0.664. The third-order valence-electron chi connectivity index (χ3n) is 5.98. The zero-order valence-corrected chi connectivity index (χ0v) is 17.0. The highest BCUT2D eigenvalue weighted by Gasteiger charge is 2.36. The normalized spacial score (nSPS) is 19.0. The lowest BCUT2D eigenvalue weighted by Crippen LogP contribution is -2.33. The van der Waals surface area contributed by atoms with E-state index in [1.165, 1.54) is 18.6 Å². The van der Waals surface area contributed by atoms with Crippen LogP contribution in [0.4, 0.5) is 4.39 Å². The van der Waals surface area contributed by atoms with E-state index >= 15 is 0 Å². The van der Waals surface area contributed by atoms with Crippen LogP contribution in [-0.2, 0) is 13.0 Å². The second-order valence-corrected chi connectivity index (χ2v) is 7.96. The third kappa shape index (κ3) is 3.28. The van der Waals surface area contributed by atoms with Crippen molar-refractivity contribution in [2.75, 3.05) is 6.54 Å². The minimum absolute atomic E-state index is 0.102. The smallest absolute Gasteiger partial charge is 0.294 e. The summed E-state index contributed by atoms with van der Waals surface area (Å²) in [5, 5.41) is 13.3. The van der Waals surface area contributed by atoms with Gasteiger partial charge < -0.3 is 9.47 Å². The summed E-state index contributed by atoms with van der Waals surface area (Å²) in [6.45, 7) is 3.34. The zero-order chi connectivity index (χ0) is 20.7. The first-order valence-electron chi connectivity index (χ1n) is 10.5. The van der Waals surface area contributed by atoms with Crippen molar-refractivity contribution in [1.29, 1.82) is 0 Å². The molecule has 0 radical (unpaired) electrons. The minimum atomic E-state index is -0.319. The number of hydrogen-bond acceptors (Lipinski definition) is 5. The predicted octanol–water partition coefficient (Wildman–Crippen LogP) is 3.01. The summed E-state index contributed by atoms with van der Waals surface area (Å²) in [4.78, 5) is 19.5. The average molecular weight is 409 g/mol. The molecule has 3 aromatic rings. The van der Waals surface area contributed by atoms with Crippen molar-refractivity contribution in [3.8, 4) is 5.69 Å². The molecular formula is C21H24FN7O. The Morgan fingerprint density at radius 2 is 1.90 bits per heavy atom. The summed E-state index contributed by atoms with van der Waals surface area (Å²) >= 11 is 0. The van der Waals surface area contributed by atoms with Gasteiger partial charge in [0, 0.05) is 19.5 Å². The molecule has 2 aliphatic heterocycles. The van der Waals surface area contributed by atoms with E-state index in [0.717, 1.165) is 50.3 Å². The lowest BCUT2D eigenvalue weighted by Gasteiger charge is -2.23. The molecule has 0 aliphatic carbocycles. The van der Waals surface area contributed by atoms with E-state index in [4.69, 9.17) is 0 Å². The Labute approximate surface area is 173 Å². The van der Waals surface area contributed by atoms with Gasteiger partial charge >= 0.3 is 0 Å². The van der Waals surface area contributed by atoms with E-state index in [-0.39, 0.29) is 23.6 Å². The molecule has 1 atom stereocenters. The van der Waals surface area contributed by atoms with Crippen LogP contribution in [0.15, 0.2) is 24.3 Å². The van der Waals surface area contributed by atoms with Crippen molar-refractivity contribution < 1.29 is 9.18 Å². The summed E-state index contributed by atoms with van der Waals surface area (Å²) < 4.78 is 17.0. The lowest BCUT2D eigenvalue weighted by molar-refractivity contribution is 0.0714. The number of fused-ring (bicyclic) bond motifs is 1. The average Bonchev–Trinajstić information content (AvgIpc) is 3.43. The number of likely N-dealkylation sites (tertiary alicyclic amines) is 1. The molecule has 1 unspecified atom stereocenters. The number of aryl methyl sites for hydroxylation is 2. The third-order valence-corrected chi connectivity index (χ3v) is 5.98. The highest BCUT2D eigenvalue weighted by molar-refractivity contribution is 5.91. The van der Waals surface area contributed by atoms with Crippen molar-refractivity contribution in [1.82, 2.24) is 34.4 Å². The van der Waals surface area contributed by atoms with Crippen molar-refractivity contribution in [2.24, 2.45) is 0 Å². The Morgan fingerprint density at radius 3 is 2.73 bits per heavy atom. The first-order valence-corrected chi connectivity index (χ1v) is 10.5. The van der Waals surface area contributed by atoms with Crippen molar-refractivity contribution in [3.05, 3.63) is 53.4 Å². The van der Waals surface area contributed by atoms with Crippen LogP contribution in [0.1, 0.15) is 66.2 Å². The van der Waals surface area contributed by atoms with Gasteiger partial charge in [0.2, 0.25) is 5.82 Å². The van der Waals surface area contributed by atoms with Crippen molar-refractivity contribution in [2.45, 2.75) is 58.0 Å². The van der Waals surface area contributed by atoms with Crippen LogP contribution in [0.2, 0.25) is 0 Å². The molecule has 4 heterocycles. The van der Waals surface area contributed by atoms with Crippen LogP contribution < -0.4 is 0 Å². The predicted molar refractivity (Wildman–Crippen MR) is 107 cm³/mol. The largest absolute Gasteiger partial charge is 0.326 e. The molecule has 1 saturated heterocycles. The van der Waals surface area contributed by atoms with E-state index in [1.807, 2.05) is 4.90 Å². The van der Waals surface area contributed by atoms with E-state index in [2.05, 4.69) is 24.8 Å². The highest BCUT2D eigenvalue weighted by atomic mass is 19.1. The molecule has 30 heavy (non-hydrogen) atoms. The summed E-state index contributed by atoms with van der Waals surface area (Å²) in [7, 11) is 0. The summed E-state index contributed by atoms with van der Waals surface area (Å²) in [6, 6.07) is 5.87. The van der Waals surface area contributed by atoms with Gasteiger partial charge in [-0.3, -0.25) is 4.79 Å². The first kappa shape index (κ1) is 18.9. The van der Waals surface area contributed by atoms with Crippen LogP contribution >= 0.6 is 0 Å².